The molecule has 1 heterocycles. The van der Waals surface area contributed by atoms with Crippen molar-refractivity contribution in [3.05, 3.63) is 97.5 Å². The van der Waals surface area contributed by atoms with Gasteiger partial charge in [0, 0.05) is 27.2 Å². The van der Waals surface area contributed by atoms with Gasteiger partial charge in [0.2, 0.25) is 0 Å². The van der Waals surface area contributed by atoms with E-state index in [4.69, 9.17) is 32.7 Å². The standard InChI is InChI=1S/C27H21BrCl2F3NO2/c1-35-24-10-15(9-21(28)26(24)36-13-14-5-7-17(29)12-22(14)30)25-19-4-2-3-18(19)20-11-16(27(31,32)33)6-8-23(20)34-25/h2-3,5-12,18-19,25,34H,4,13H2,1H3/t18-,19-,25+/m1/s1. The van der Waals surface area contributed by atoms with E-state index in [-0.39, 0.29) is 24.5 Å². The predicted molar refractivity (Wildman–Crippen MR) is 139 cm³/mol. The molecule has 9 heteroatoms. The van der Waals surface area contributed by atoms with Crippen molar-refractivity contribution < 1.29 is 22.6 Å². The fourth-order valence-corrected chi connectivity index (χ4v) is 5.99. The lowest BCUT2D eigenvalue weighted by molar-refractivity contribution is -0.137. The molecule has 0 fully saturated rings. The molecule has 0 spiro atoms. The fraction of sp³-hybridized carbons (Fsp3) is 0.259. The highest BCUT2D eigenvalue weighted by molar-refractivity contribution is 9.10. The van der Waals surface area contributed by atoms with Gasteiger partial charge in [-0.1, -0.05) is 41.4 Å². The Morgan fingerprint density at radius 2 is 1.89 bits per heavy atom. The monoisotopic (exact) mass is 597 g/mol. The van der Waals surface area contributed by atoms with E-state index in [0.29, 0.717) is 37.3 Å². The average molecular weight is 599 g/mol. The number of rotatable bonds is 5. The van der Waals surface area contributed by atoms with Gasteiger partial charge in [0.05, 0.1) is 23.2 Å². The Kier molecular flexibility index (Phi) is 6.92. The molecule has 36 heavy (non-hydrogen) atoms. The molecule has 0 radical (unpaired) electrons. The molecule has 188 valence electrons. The molecular formula is C27H21BrCl2F3NO2. The molecular weight excluding hydrogens is 578 g/mol. The summed E-state index contributed by atoms with van der Waals surface area (Å²) in [6.07, 6.45) is 0.426. The van der Waals surface area contributed by atoms with Gasteiger partial charge in [0.15, 0.2) is 11.5 Å². The SMILES string of the molecule is COc1cc([C@@H]2Nc3ccc(C(F)(F)F)cc3[C@@H]3C=CC[C@H]32)cc(Br)c1OCc1ccc(Cl)cc1Cl. The molecule has 0 unspecified atom stereocenters. The zero-order valence-corrected chi connectivity index (χ0v) is 22.1. The lowest BCUT2D eigenvalue weighted by atomic mass is 9.76. The van der Waals surface area contributed by atoms with Crippen molar-refractivity contribution in [3.63, 3.8) is 0 Å². The Morgan fingerprint density at radius 3 is 2.61 bits per heavy atom. The number of methoxy groups -OCH3 is 1. The normalized spacial score (nSPS) is 20.5. The van der Waals surface area contributed by atoms with Crippen LogP contribution in [0.4, 0.5) is 18.9 Å². The number of allylic oxidation sites excluding steroid dienone is 2. The largest absolute Gasteiger partial charge is 0.493 e. The van der Waals surface area contributed by atoms with E-state index in [1.807, 2.05) is 24.3 Å². The van der Waals surface area contributed by atoms with Crippen molar-refractivity contribution in [3.8, 4) is 11.5 Å². The number of ether oxygens (including phenoxy) is 2. The Balaban J connectivity index is 1.45. The molecule has 0 bridgehead atoms. The third-order valence-electron chi connectivity index (χ3n) is 6.69. The first kappa shape index (κ1) is 25.3. The van der Waals surface area contributed by atoms with Crippen molar-refractivity contribution in [1.29, 1.82) is 0 Å². The fourth-order valence-electron chi connectivity index (χ4n) is 4.95. The van der Waals surface area contributed by atoms with Crippen LogP contribution in [0.2, 0.25) is 10.0 Å². The third-order valence-corrected chi connectivity index (χ3v) is 7.86. The van der Waals surface area contributed by atoms with Crippen LogP contribution in [-0.2, 0) is 12.8 Å². The molecule has 2 aliphatic rings. The van der Waals surface area contributed by atoms with Crippen LogP contribution in [0.3, 0.4) is 0 Å². The first-order chi connectivity index (χ1) is 17.2. The summed E-state index contributed by atoms with van der Waals surface area (Å²) in [5.41, 5.74) is 2.47. The van der Waals surface area contributed by atoms with Crippen LogP contribution in [0.15, 0.2) is 65.2 Å². The second-order valence-corrected chi connectivity index (χ2v) is 10.5. The average Bonchev–Trinajstić information content (AvgIpc) is 3.33. The van der Waals surface area contributed by atoms with E-state index in [2.05, 4.69) is 21.2 Å². The van der Waals surface area contributed by atoms with Gasteiger partial charge in [-0.15, -0.1) is 0 Å². The first-order valence-electron chi connectivity index (χ1n) is 11.2. The van der Waals surface area contributed by atoms with E-state index < -0.39 is 11.7 Å². The number of fused-ring (bicyclic) bond motifs is 3. The lowest BCUT2D eigenvalue weighted by Gasteiger charge is -2.38. The second-order valence-electron chi connectivity index (χ2n) is 8.83. The number of halogens is 6. The maximum absolute atomic E-state index is 13.3. The molecule has 1 aliphatic carbocycles. The van der Waals surface area contributed by atoms with Crippen molar-refractivity contribution in [2.45, 2.75) is 31.2 Å². The highest BCUT2D eigenvalue weighted by Gasteiger charge is 2.40. The van der Waals surface area contributed by atoms with Crippen LogP contribution >= 0.6 is 39.1 Å². The third kappa shape index (κ3) is 4.81. The minimum Gasteiger partial charge on any atom is -0.493 e. The number of alkyl halides is 3. The molecule has 5 rings (SSSR count). The molecule has 3 aromatic carbocycles. The Labute approximate surface area is 225 Å². The summed E-state index contributed by atoms with van der Waals surface area (Å²) in [6.45, 7) is 0.218. The summed E-state index contributed by atoms with van der Waals surface area (Å²) in [5, 5.41) is 4.53. The first-order valence-corrected chi connectivity index (χ1v) is 12.8. The zero-order valence-electron chi connectivity index (χ0n) is 19.0. The molecule has 0 saturated carbocycles. The smallest absolute Gasteiger partial charge is 0.416 e. The highest BCUT2D eigenvalue weighted by atomic mass is 79.9. The van der Waals surface area contributed by atoms with Gasteiger partial charge in [0.25, 0.3) is 0 Å². The van der Waals surface area contributed by atoms with Gasteiger partial charge >= 0.3 is 6.18 Å². The maximum Gasteiger partial charge on any atom is 0.416 e. The van der Waals surface area contributed by atoms with Gasteiger partial charge in [-0.05, 0) is 81.9 Å². The van der Waals surface area contributed by atoms with Crippen LogP contribution < -0.4 is 14.8 Å². The van der Waals surface area contributed by atoms with Crippen molar-refractivity contribution in [1.82, 2.24) is 0 Å². The summed E-state index contributed by atoms with van der Waals surface area (Å²) in [7, 11) is 1.57. The van der Waals surface area contributed by atoms with Crippen LogP contribution in [0.25, 0.3) is 0 Å². The van der Waals surface area contributed by atoms with Gasteiger partial charge in [-0.2, -0.15) is 13.2 Å². The lowest BCUT2D eigenvalue weighted by Crippen LogP contribution is -2.29. The summed E-state index contributed by atoms with van der Waals surface area (Å²) in [6, 6.07) is 12.9. The summed E-state index contributed by atoms with van der Waals surface area (Å²) >= 11 is 15.9. The van der Waals surface area contributed by atoms with Crippen LogP contribution in [0.1, 0.15) is 40.6 Å². The quantitative estimate of drug-likeness (QED) is 0.297. The number of nitrogens with one attached hydrogen (secondary N) is 1. The van der Waals surface area contributed by atoms with Gasteiger partial charge in [0.1, 0.15) is 6.61 Å². The van der Waals surface area contributed by atoms with E-state index in [0.717, 1.165) is 23.6 Å². The number of hydrogen-bond acceptors (Lipinski definition) is 3. The summed E-state index contributed by atoms with van der Waals surface area (Å²) in [4.78, 5) is 0. The number of anilines is 1. The van der Waals surface area contributed by atoms with E-state index in [1.165, 1.54) is 12.1 Å². The Bertz CT molecular complexity index is 1350. The van der Waals surface area contributed by atoms with E-state index >= 15 is 0 Å². The summed E-state index contributed by atoms with van der Waals surface area (Å²) < 4.78 is 52.4. The molecule has 0 aromatic heterocycles. The number of hydrogen-bond donors (Lipinski definition) is 1. The minimum atomic E-state index is -4.38. The summed E-state index contributed by atoms with van der Waals surface area (Å²) in [5.74, 6) is 1.02. The van der Waals surface area contributed by atoms with Gasteiger partial charge < -0.3 is 14.8 Å². The molecule has 0 saturated heterocycles. The molecule has 1 aliphatic heterocycles. The van der Waals surface area contributed by atoms with Crippen molar-refractivity contribution in [2.24, 2.45) is 5.92 Å². The Morgan fingerprint density at radius 1 is 1.08 bits per heavy atom. The highest BCUT2D eigenvalue weighted by Crippen LogP contribution is 2.52. The van der Waals surface area contributed by atoms with Gasteiger partial charge in [-0.25, -0.2) is 0 Å². The molecule has 3 nitrogen and oxygen atoms in total. The zero-order chi connectivity index (χ0) is 25.6. The number of benzene rings is 3. The molecule has 3 aromatic rings. The topological polar surface area (TPSA) is 30.5 Å². The second kappa shape index (κ2) is 9.84. The van der Waals surface area contributed by atoms with E-state index in [9.17, 15) is 13.2 Å². The maximum atomic E-state index is 13.3. The molecule has 3 atom stereocenters. The van der Waals surface area contributed by atoms with Crippen molar-refractivity contribution >= 4 is 44.8 Å². The van der Waals surface area contributed by atoms with E-state index in [1.54, 1.807) is 25.3 Å². The molecule has 0 amide bonds. The Hall–Kier alpha value is -2.35. The van der Waals surface area contributed by atoms with Crippen molar-refractivity contribution in [2.75, 3.05) is 12.4 Å². The van der Waals surface area contributed by atoms with Crippen LogP contribution in [0, 0.1) is 5.92 Å². The van der Waals surface area contributed by atoms with Gasteiger partial charge in [-0.3, -0.25) is 0 Å². The minimum absolute atomic E-state index is 0.0669. The van der Waals surface area contributed by atoms with Crippen LogP contribution in [-0.4, -0.2) is 7.11 Å². The molecule has 1 N–H and O–H groups in total. The van der Waals surface area contributed by atoms with Crippen LogP contribution in [0.5, 0.6) is 11.5 Å². The predicted octanol–water partition coefficient (Wildman–Crippen LogP) is 9.19.